The normalized spacial score (nSPS) is 48.0. The van der Waals surface area contributed by atoms with Crippen LogP contribution in [0.5, 0.6) is 0 Å². The van der Waals surface area contributed by atoms with E-state index in [0.717, 1.165) is 38.5 Å². The van der Waals surface area contributed by atoms with E-state index < -0.39 is 5.60 Å². The van der Waals surface area contributed by atoms with Gasteiger partial charge in [-0.3, -0.25) is 14.4 Å². The molecule has 30 heavy (non-hydrogen) atoms. The Bertz CT molecular complexity index is 746. The van der Waals surface area contributed by atoms with Gasteiger partial charge in [0.25, 0.3) is 0 Å². The van der Waals surface area contributed by atoms with Gasteiger partial charge in [0.15, 0.2) is 11.4 Å². The molecular formula is C25H38O5. The van der Waals surface area contributed by atoms with Gasteiger partial charge in [0, 0.05) is 25.7 Å². The Hall–Kier alpha value is -1.39. The minimum Gasteiger partial charge on any atom is -0.463 e. The summed E-state index contributed by atoms with van der Waals surface area (Å²) < 4.78 is 11.4. The molecule has 0 spiro atoms. The summed E-state index contributed by atoms with van der Waals surface area (Å²) in [6.45, 7) is 9.49. The van der Waals surface area contributed by atoms with Crippen LogP contribution < -0.4 is 0 Å². The standard InChI is InChI=1S/C25H38O5/c1-15(26)29-18-10-12-23(3)17(14-18)6-7-19-20(23)11-13-24(4)21(19)8-9-22(28)25(24,5)30-16(2)27/h17-21H,6-14H2,1-5H3/t17-,18+,19+,20+,21+,23-,24+,25+/m0/s1. The lowest BCUT2D eigenvalue weighted by Gasteiger charge is -2.65. The molecule has 4 aliphatic rings. The number of fused-ring (bicyclic) bond motifs is 5. The van der Waals surface area contributed by atoms with Crippen molar-refractivity contribution in [1.29, 1.82) is 0 Å². The topological polar surface area (TPSA) is 69.7 Å². The molecule has 0 saturated heterocycles. The fourth-order valence-electron chi connectivity index (χ4n) is 8.31. The second-order valence-corrected chi connectivity index (χ2v) is 11.2. The third-order valence-corrected chi connectivity index (χ3v) is 9.99. The predicted octanol–water partition coefficient (Wildman–Crippen LogP) is 4.85. The lowest BCUT2D eigenvalue weighted by Crippen LogP contribution is -2.65. The van der Waals surface area contributed by atoms with E-state index in [0.29, 0.717) is 30.1 Å². The molecule has 4 saturated carbocycles. The largest absolute Gasteiger partial charge is 0.463 e. The predicted molar refractivity (Wildman–Crippen MR) is 112 cm³/mol. The summed E-state index contributed by atoms with van der Waals surface area (Å²) in [6.07, 6.45) is 8.93. The van der Waals surface area contributed by atoms with Gasteiger partial charge in [-0.15, -0.1) is 0 Å². The Labute approximate surface area is 180 Å². The highest BCUT2D eigenvalue weighted by Gasteiger charge is 2.65. The van der Waals surface area contributed by atoms with E-state index >= 15 is 0 Å². The fourth-order valence-corrected chi connectivity index (χ4v) is 8.31. The van der Waals surface area contributed by atoms with Crippen LogP contribution in [0.3, 0.4) is 0 Å². The van der Waals surface area contributed by atoms with Gasteiger partial charge in [-0.25, -0.2) is 0 Å². The van der Waals surface area contributed by atoms with Crippen molar-refractivity contribution in [2.45, 2.75) is 104 Å². The number of rotatable bonds is 2. The van der Waals surface area contributed by atoms with Crippen molar-refractivity contribution in [2.24, 2.45) is 34.5 Å². The van der Waals surface area contributed by atoms with Crippen LogP contribution in [0.1, 0.15) is 92.4 Å². The maximum Gasteiger partial charge on any atom is 0.303 e. The second-order valence-electron chi connectivity index (χ2n) is 11.2. The molecule has 0 radical (unpaired) electrons. The van der Waals surface area contributed by atoms with Crippen molar-refractivity contribution < 1.29 is 23.9 Å². The van der Waals surface area contributed by atoms with Crippen molar-refractivity contribution >= 4 is 17.7 Å². The third-order valence-electron chi connectivity index (χ3n) is 9.99. The summed E-state index contributed by atoms with van der Waals surface area (Å²) in [7, 11) is 0. The fraction of sp³-hybridized carbons (Fsp3) is 0.880. The van der Waals surface area contributed by atoms with E-state index in [-0.39, 0.29) is 34.7 Å². The van der Waals surface area contributed by atoms with E-state index in [2.05, 4.69) is 13.8 Å². The molecule has 5 heteroatoms. The van der Waals surface area contributed by atoms with Crippen LogP contribution in [0.4, 0.5) is 0 Å². The maximum atomic E-state index is 13.0. The summed E-state index contributed by atoms with van der Waals surface area (Å²) in [6, 6.07) is 0. The molecule has 0 unspecified atom stereocenters. The first-order valence-electron chi connectivity index (χ1n) is 11.9. The minimum atomic E-state index is -1.00. The van der Waals surface area contributed by atoms with Crippen molar-refractivity contribution in [3.05, 3.63) is 0 Å². The molecular weight excluding hydrogens is 380 g/mol. The monoisotopic (exact) mass is 418 g/mol. The maximum absolute atomic E-state index is 13.0. The van der Waals surface area contributed by atoms with Gasteiger partial charge < -0.3 is 9.47 Å². The zero-order chi connectivity index (χ0) is 21.9. The van der Waals surface area contributed by atoms with Gasteiger partial charge in [0.05, 0.1) is 0 Å². The Morgan fingerprint density at radius 3 is 2.30 bits per heavy atom. The molecule has 4 fully saturated rings. The number of Topliss-reactive ketones (excluding diaryl/α,β-unsaturated/α-hetero) is 1. The molecule has 8 atom stereocenters. The van der Waals surface area contributed by atoms with Gasteiger partial charge >= 0.3 is 11.9 Å². The van der Waals surface area contributed by atoms with Crippen molar-refractivity contribution in [2.75, 3.05) is 0 Å². The van der Waals surface area contributed by atoms with Gasteiger partial charge in [0.2, 0.25) is 0 Å². The van der Waals surface area contributed by atoms with E-state index in [1.54, 1.807) is 0 Å². The summed E-state index contributed by atoms with van der Waals surface area (Å²) in [5.74, 6) is 1.82. The zero-order valence-corrected chi connectivity index (χ0v) is 19.3. The molecule has 0 aliphatic heterocycles. The average molecular weight is 419 g/mol. The number of carbonyl (C=O) groups is 3. The number of ketones is 1. The van der Waals surface area contributed by atoms with Crippen LogP contribution in [0, 0.1) is 34.5 Å². The summed E-state index contributed by atoms with van der Waals surface area (Å²) in [4.78, 5) is 36.3. The van der Waals surface area contributed by atoms with Crippen molar-refractivity contribution in [3.63, 3.8) is 0 Å². The zero-order valence-electron chi connectivity index (χ0n) is 19.3. The molecule has 0 heterocycles. The van der Waals surface area contributed by atoms with Crippen LogP contribution in [0.2, 0.25) is 0 Å². The van der Waals surface area contributed by atoms with E-state index in [1.165, 1.54) is 26.7 Å². The molecule has 0 aromatic heterocycles. The van der Waals surface area contributed by atoms with Gasteiger partial charge in [-0.2, -0.15) is 0 Å². The summed E-state index contributed by atoms with van der Waals surface area (Å²) >= 11 is 0. The lowest BCUT2D eigenvalue weighted by molar-refractivity contribution is -0.215. The quantitative estimate of drug-likeness (QED) is 0.600. The Morgan fingerprint density at radius 2 is 1.63 bits per heavy atom. The third kappa shape index (κ3) is 3.14. The highest BCUT2D eigenvalue weighted by atomic mass is 16.6. The lowest BCUT2D eigenvalue weighted by atomic mass is 9.41. The highest BCUT2D eigenvalue weighted by Crippen LogP contribution is 2.67. The van der Waals surface area contributed by atoms with Crippen LogP contribution in [-0.4, -0.2) is 29.4 Å². The van der Waals surface area contributed by atoms with Crippen molar-refractivity contribution in [3.8, 4) is 0 Å². The molecule has 168 valence electrons. The minimum absolute atomic E-state index is 0.0746. The Kier molecular flexibility index (Phi) is 5.34. The number of ether oxygens (including phenoxy) is 2. The van der Waals surface area contributed by atoms with E-state index in [9.17, 15) is 14.4 Å². The van der Waals surface area contributed by atoms with Crippen LogP contribution in [0.25, 0.3) is 0 Å². The molecule has 5 nitrogen and oxygen atoms in total. The van der Waals surface area contributed by atoms with Crippen LogP contribution in [0.15, 0.2) is 0 Å². The van der Waals surface area contributed by atoms with Gasteiger partial charge in [-0.05, 0) is 87.4 Å². The molecule has 0 bridgehead atoms. The number of carbonyl (C=O) groups excluding carboxylic acids is 3. The van der Waals surface area contributed by atoms with Gasteiger partial charge in [-0.1, -0.05) is 13.8 Å². The SMILES string of the molecule is CC(=O)O[C@@H]1CC[C@@]2(C)[C@@H](CC[C@@H]3[C@H]2CC[C@]2(C)[C@@H]3CCC(=O)[C@@]2(C)OC(C)=O)C1. The molecule has 0 aromatic rings. The first-order valence-corrected chi connectivity index (χ1v) is 11.9. The smallest absolute Gasteiger partial charge is 0.303 e. The van der Waals surface area contributed by atoms with Crippen LogP contribution >= 0.6 is 0 Å². The average Bonchev–Trinajstić information content (AvgIpc) is 2.65. The number of esters is 2. The van der Waals surface area contributed by atoms with Crippen LogP contribution in [-0.2, 0) is 23.9 Å². The number of hydrogen-bond acceptors (Lipinski definition) is 5. The first kappa shape index (κ1) is 21.8. The highest BCUT2D eigenvalue weighted by molar-refractivity contribution is 5.91. The van der Waals surface area contributed by atoms with E-state index in [1.807, 2.05) is 6.92 Å². The molecule has 0 N–H and O–H groups in total. The van der Waals surface area contributed by atoms with E-state index in [4.69, 9.17) is 9.47 Å². The molecule has 0 amide bonds. The molecule has 4 rings (SSSR count). The number of hydrogen-bond donors (Lipinski definition) is 0. The van der Waals surface area contributed by atoms with Gasteiger partial charge in [0.1, 0.15) is 6.10 Å². The molecule has 0 aromatic carbocycles. The Balaban J connectivity index is 1.59. The molecule has 4 aliphatic carbocycles. The summed E-state index contributed by atoms with van der Waals surface area (Å²) in [5.41, 5.74) is -1.01. The van der Waals surface area contributed by atoms with Crippen molar-refractivity contribution in [1.82, 2.24) is 0 Å². The summed E-state index contributed by atoms with van der Waals surface area (Å²) in [5, 5.41) is 0. The second kappa shape index (κ2) is 7.34. The first-order chi connectivity index (χ1) is 14.0. The Morgan fingerprint density at radius 1 is 0.900 bits per heavy atom.